The van der Waals surface area contributed by atoms with Crippen LogP contribution in [-0.2, 0) is 32.7 Å². The van der Waals surface area contributed by atoms with Crippen molar-refractivity contribution in [3.05, 3.63) is 122 Å². The second-order valence-corrected chi connectivity index (χ2v) is 27.3. The molecular weight excluding hydrogens is 1170 g/mol. The number of esters is 2. The number of unbranched alkanes of at least 4 members (excludes halogenated alkanes) is 40. The molecule has 0 radical (unpaired) electrons. The molecule has 0 aromatic carbocycles. The first-order valence-corrected chi connectivity index (χ1v) is 40.5. The predicted molar refractivity (Wildman–Crippen MR) is 404 cm³/mol. The lowest BCUT2D eigenvalue weighted by Gasteiger charge is -2.19. The van der Waals surface area contributed by atoms with Crippen molar-refractivity contribution in [1.82, 2.24) is 0 Å². The van der Waals surface area contributed by atoms with Gasteiger partial charge in [0.1, 0.15) is 6.61 Å². The smallest absolute Gasteiger partial charge is 0.462 e. The Kier molecular flexibility index (Phi) is 74.4. The van der Waals surface area contributed by atoms with E-state index in [2.05, 4.69) is 135 Å². The van der Waals surface area contributed by atoms with Gasteiger partial charge < -0.3 is 20.1 Å². The molecule has 0 aliphatic heterocycles. The minimum atomic E-state index is -4.40. The summed E-state index contributed by atoms with van der Waals surface area (Å²) in [4.78, 5) is 35.5. The van der Waals surface area contributed by atoms with Gasteiger partial charge in [-0.3, -0.25) is 18.6 Å². The van der Waals surface area contributed by atoms with E-state index in [4.69, 9.17) is 24.3 Å². The number of allylic oxidation sites excluding steroid dienone is 20. The molecule has 93 heavy (non-hydrogen) atoms. The molecule has 0 amide bonds. The minimum absolute atomic E-state index is 0.0522. The van der Waals surface area contributed by atoms with Crippen molar-refractivity contribution in [3.8, 4) is 0 Å². The highest BCUT2D eigenvalue weighted by Gasteiger charge is 2.26. The summed E-state index contributed by atoms with van der Waals surface area (Å²) < 4.78 is 33.3. The van der Waals surface area contributed by atoms with Crippen molar-refractivity contribution < 1.29 is 37.6 Å². The molecule has 3 N–H and O–H groups in total. The molecule has 0 saturated carbocycles. The number of nitrogens with two attached hydrogens (primary N) is 1. The highest BCUT2D eigenvalue weighted by atomic mass is 31.2. The Morgan fingerprint density at radius 1 is 0.323 bits per heavy atom. The van der Waals surface area contributed by atoms with Crippen LogP contribution in [0.5, 0.6) is 0 Å². The van der Waals surface area contributed by atoms with Gasteiger partial charge in [-0.1, -0.05) is 367 Å². The summed E-state index contributed by atoms with van der Waals surface area (Å²) in [6.07, 6.45) is 109. The molecule has 2 unspecified atom stereocenters. The Hall–Kier alpha value is -3.59. The fourth-order valence-electron chi connectivity index (χ4n) is 11.2. The summed E-state index contributed by atoms with van der Waals surface area (Å²) in [6.45, 7) is 3.56. The topological polar surface area (TPSA) is 134 Å². The molecule has 0 rings (SSSR count). The van der Waals surface area contributed by atoms with Gasteiger partial charge in [0.25, 0.3) is 0 Å². The van der Waals surface area contributed by atoms with E-state index in [0.29, 0.717) is 6.42 Å². The van der Waals surface area contributed by atoms with Crippen LogP contribution in [0.1, 0.15) is 361 Å². The lowest BCUT2D eigenvalue weighted by atomic mass is 10.0. The highest BCUT2D eigenvalue weighted by molar-refractivity contribution is 7.47. The maximum Gasteiger partial charge on any atom is 0.472 e. The van der Waals surface area contributed by atoms with Crippen LogP contribution in [0.2, 0.25) is 0 Å². The molecule has 0 bridgehead atoms. The standard InChI is InChI=1S/C83H146NO8P/c1-3-5-7-9-11-13-15-17-19-21-23-25-27-29-31-33-35-37-38-39-40-41-42-44-46-48-50-52-54-56-58-60-62-64-66-68-70-72-74-76-83(86)92-81(80-91-93(87,88)90-78-77-84)79-89-82(85)75-73-71-69-67-65-63-61-59-57-55-53-51-49-47-45-43-36-34-32-30-28-26-24-22-20-18-16-14-12-10-8-6-4-2/h5-8,11-14,17-20,23-26,29,31,35,37,81H,3-4,9-10,15-16,21-22,27-28,30,32-34,36,38-80,84H2,1-2H3,(H,87,88)/b7-5-,8-6-,13-11-,14-12-,19-17-,20-18-,25-23-,26-24-,31-29-,37-35-. The van der Waals surface area contributed by atoms with E-state index in [1.807, 2.05) is 0 Å². The Morgan fingerprint density at radius 2 is 0.559 bits per heavy atom. The predicted octanol–water partition coefficient (Wildman–Crippen LogP) is 26.2. The van der Waals surface area contributed by atoms with Gasteiger partial charge in [-0.15, -0.1) is 0 Å². The van der Waals surface area contributed by atoms with Crippen LogP contribution in [-0.4, -0.2) is 49.3 Å². The summed E-state index contributed by atoms with van der Waals surface area (Å²) in [7, 11) is -4.40. The second kappa shape index (κ2) is 77.4. The molecule has 536 valence electrons. The third-order valence-corrected chi connectivity index (χ3v) is 17.8. The average molecular weight is 1320 g/mol. The third kappa shape index (κ3) is 77.3. The molecule has 9 nitrogen and oxygen atoms in total. The van der Waals surface area contributed by atoms with Gasteiger partial charge in [0, 0.05) is 19.4 Å². The molecular formula is C83H146NO8P. The zero-order valence-electron chi connectivity index (χ0n) is 60.5. The van der Waals surface area contributed by atoms with E-state index in [1.165, 1.54) is 225 Å². The molecule has 10 heteroatoms. The summed E-state index contributed by atoms with van der Waals surface area (Å²) in [5, 5.41) is 0. The number of hydrogen-bond acceptors (Lipinski definition) is 8. The fourth-order valence-corrected chi connectivity index (χ4v) is 11.9. The number of hydrogen-bond donors (Lipinski definition) is 2. The zero-order valence-corrected chi connectivity index (χ0v) is 61.4. The number of phosphoric acid groups is 1. The van der Waals surface area contributed by atoms with Crippen LogP contribution in [0.15, 0.2) is 122 Å². The minimum Gasteiger partial charge on any atom is -0.462 e. The average Bonchev–Trinajstić information content (AvgIpc) is 3.60. The third-order valence-electron chi connectivity index (χ3n) is 16.8. The Labute approximate surface area is 574 Å². The van der Waals surface area contributed by atoms with Crippen LogP contribution in [0.3, 0.4) is 0 Å². The van der Waals surface area contributed by atoms with E-state index in [0.717, 1.165) is 103 Å². The van der Waals surface area contributed by atoms with Crippen molar-refractivity contribution >= 4 is 19.8 Å². The number of carbonyl (C=O) groups excluding carboxylic acids is 2. The van der Waals surface area contributed by atoms with Gasteiger partial charge in [-0.25, -0.2) is 4.57 Å². The fraction of sp³-hybridized carbons (Fsp3) is 0.735. The van der Waals surface area contributed by atoms with E-state index in [-0.39, 0.29) is 38.6 Å². The number of carbonyl (C=O) groups is 2. The van der Waals surface area contributed by atoms with Gasteiger partial charge in [0.05, 0.1) is 13.2 Å². The first-order chi connectivity index (χ1) is 45.8. The Balaban J connectivity index is 3.80. The lowest BCUT2D eigenvalue weighted by Crippen LogP contribution is -2.29. The summed E-state index contributed by atoms with van der Waals surface area (Å²) in [5.74, 6) is -0.812. The molecule has 0 saturated heterocycles. The molecule has 0 aliphatic carbocycles. The molecule has 0 aromatic rings. The van der Waals surface area contributed by atoms with Gasteiger partial charge in [0.2, 0.25) is 0 Å². The van der Waals surface area contributed by atoms with Gasteiger partial charge in [-0.2, -0.15) is 0 Å². The van der Waals surface area contributed by atoms with Crippen LogP contribution in [0.25, 0.3) is 0 Å². The molecule has 0 heterocycles. The SMILES string of the molecule is CC/C=C\C/C=C\C/C=C\C/C=C\C/C=C\C/C=C\CCCCCCCCCCCCCCCCCCCCCCC(=O)OC(COC(=O)CCCCCCCCCCCCCCCCCCCCCC/C=C\C/C=C\C/C=C\C/C=C\CC)COP(=O)(O)OCCN. The molecule has 0 spiro atoms. The Bertz CT molecular complexity index is 1950. The van der Waals surface area contributed by atoms with Crippen molar-refractivity contribution in [2.75, 3.05) is 26.4 Å². The van der Waals surface area contributed by atoms with Gasteiger partial charge in [0.15, 0.2) is 6.10 Å². The maximum absolute atomic E-state index is 12.8. The highest BCUT2D eigenvalue weighted by Crippen LogP contribution is 2.43. The molecule has 0 aliphatic rings. The maximum atomic E-state index is 12.8. The summed E-state index contributed by atoms with van der Waals surface area (Å²) in [6, 6.07) is 0. The van der Waals surface area contributed by atoms with Crippen molar-refractivity contribution in [1.29, 1.82) is 0 Å². The van der Waals surface area contributed by atoms with Crippen LogP contribution >= 0.6 is 7.82 Å². The molecule has 0 aromatic heterocycles. The summed E-state index contributed by atoms with van der Waals surface area (Å²) in [5.41, 5.74) is 5.41. The zero-order chi connectivity index (χ0) is 67.2. The molecule has 0 fully saturated rings. The first kappa shape index (κ1) is 89.4. The second-order valence-electron chi connectivity index (χ2n) is 25.8. The quantitative estimate of drug-likeness (QED) is 0.0264. The number of rotatable bonds is 73. The largest absolute Gasteiger partial charge is 0.472 e. The summed E-state index contributed by atoms with van der Waals surface area (Å²) >= 11 is 0. The Morgan fingerprint density at radius 3 is 0.828 bits per heavy atom. The van der Waals surface area contributed by atoms with E-state index >= 15 is 0 Å². The van der Waals surface area contributed by atoms with Crippen molar-refractivity contribution in [2.45, 2.75) is 367 Å². The van der Waals surface area contributed by atoms with Gasteiger partial charge in [-0.05, 0) is 103 Å². The number of phosphoric ester groups is 1. The van der Waals surface area contributed by atoms with Gasteiger partial charge >= 0.3 is 19.8 Å². The monoisotopic (exact) mass is 1320 g/mol. The first-order valence-electron chi connectivity index (χ1n) is 39.0. The molecule has 2 atom stereocenters. The van der Waals surface area contributed by atoms with Crippen LogP contribution in [0, 0.1) is 0 Å². The van der Waals surface area contributed by atoms with Crippen molar-refractivity contribution in [3.63, 3.8) is 0 Å². The van der Waals surface area contributed by atoms with E-state index in [1.54, 1.807) is 0 Å². The van der Waals surface area contributed by atoms with E-state index in [9.17, 15) is 19.0 Å². The number of ether oxygens (including phenoxy) is 2. The van der Waals surface area contributed by atoms with Crippen molar-refractivity contribution in [2.24, 2.45) is 5.73 Å². The van der Waals surface area contributed by atoms with E-state index < -0.39 is 26.5 Å². The van der Waals surface area contributed by atoms with Crippen LogP contribution < -0.4 is 5.73 Å². The van der Waals surface area contributed by atoms with Crippen LogP contribution in [0.4, 0.5) is 0 Å². The normalized spacial score (nSPS) is 13.5. The lowest BCUT2D eigenvalue weighted by molar-refractivity contribution is -0.161.